The Kier molecular flexibility index (Phi) is 10.2. The summed E-state index contributed by atoms with van der Waals surface area (Å²) in [7, 11) is -3.87. The standard InChI is InChI=1S/C31H61BrO2Si2/c1-23(25-18-19-26-24(22-32)16-15-21-31(25,26)10)17-20-27(33-35(11,12)28(2,3)4)30(8,9)34-36(13,14)29(5,6)7/h22-23,25-27H,15-21H2,1-14H3/t23-,25-,26+,27-,31-/m1/s1. The monoisotopic (exact) mass is 600 g/mol. The minimum Gasteiger partial charge on any atom is -0.411 e. The third-order valence-electron chi connectivity index (χ3n) is 11.1. The molecule has 0 radical (unpaired) electrons. The predicted octanol–water partition coefficient (Wildman–Crippen LogP) is 11.1. The lowest BCUT2D eigenvalue weighted by Gasteiger charge is -2.49. The minimum absolute atomic E-state index is 0.129. The molecule has 0 bridgehead atoms. The van der Waals surface area contributed by atoms with Gasteiger partial charge in [-0.3, -0.25) is 0 Å². The average molecular weight is 602 g/mol. The van der Waals surface area contributed by atoms with E-state index >= 15 is 0 Å². The molecule has 0 spiro atoms. The van der Waals surface area contributed by atoms with Gasteiger partial charge in [0.25, 0.3) is 0 Å². The van der Waals surface area contributed by atoms with E-state index < -0.39 is 16.6 Å². The van der Waals surface area contributed by atoms with Gasteiger partial charge < -0.3 is 8.85 Å². The van der Waals surface area contributed by atoms with E-state index in [2.05, 4.69) is 116 Å². The maximum absolute atomic E-state index is 7.23. The second-order valence-corrected chi connectivity index (χ2v) is 26.1. The summed E-state index contributed by atoms with van der Waals surface area (Å²) < 4.78 is 14.4. The molecule has 0 heterocycles. The number of halogens is 1. The normalized spacial score (nSPS) is 29.4. The van der Waals surface area contributed by atoms with Gasteiger partial charge in [-0.2, -0.15) is 0 Å². The van der Waals surface area contributed by atoms with Crippen LogP contribution in [0.5, 0.6) is 0 Å². The zero-order valence-corrected chi connectivity index (χ0v) is 30.1. The Morgan fingerprint density at radius 2 is 1.50 bits per heavy atom. The molecule has 2 aliphatic carbocycles. The molecule has 2 fully saturated rings. The van der Waals surface area contributed by atoms with Gasteiger partial charge in [0.2, 0.25) is 0 Å². The molecule has 5 heteroatoms. The zero-order valence-electron chi connectivity index (χ0n) is 26.5. The van der Waals surface area contributed by atoms with Gasteiger partial charge in [-0.05, 0) is 123 Å². The van der Waals surface area contributed by atoms with Gasteiger partial charge >= 0.3 is 0 Å². The molecule has 0 aliphatic heterocycles. The predicted molar refractivity (Wildman–Crippen MR) is 168 cm³/mol. The van der Waals surface area contributed by atoms with E-state index in [0.29, 0.717) is 11.3 Å². The van der Waals surface area contributed by atoms with Crippen molar-refractivity contribution in [2.75, 3.05) is 0 Å². The van der Waals surface area contributed by atoms with Crippen LogP contribution in [0, 0.1) is 23.2 Å². The number of hydrogen-bond donors (Lipinski definition) is 0. The maximum Gasteiger partial charge on any atom is 0.192 e. The van der Waals surface area contributed by atoms with Crippen LogP contribution in [0.3, 0.4) is 0 Å². The fourth-order valence-electron chi connectivity index (χ4n) is 6.72. The SMILES string of the molecule is C[C@H](CC[C@@H](O[Si](C)(C)C(C)(C)C)C(C)(C)O[Si](C)(C)C(C)(C)C)[C@H]1CC[C@H]2C(=CBr)CCC[C@]12C. The lowest BCUT2D eigenvalue weighted by molar-refractivity contribution is -0.0386. The van der Waals surface area contributed by atoms with Crippen molar-refractivity contribution < 1.29 is 8.85 Å². The molecule has 2 nitrogen and oxygen atoms in total. The first-order valence-electron chi connectivity index (χ1n) is 14.8. The van der Waals surface area contributed by atoms with Crippen LogP contribution >= 0.6 is 15.9 Å². The molecule has 0 amide bonds. The molecule has 0 aromatic rings. The first kappa shape index (κ1) is 32.8. The van der Waals surface area contributed by atoms with E-state index in [0.717, 1.165) is 18.3 Å². The summed E-state index contributed by atoms with van der Waals surface area (Å²) in [5.74, 6) is 2.29. The Hall–Kier alpha value is 0.574. The van der Waals surface area contributed by atoms with Crippen molar-refractivity contribution in [3.8, 4) is 0 Å². The number of rotatable bonds is 9. The van der Waals surface area contributed by atoms with Crippen LogP contribution < -0.4 is 0 Å². The highest BCUT2D eigenvalue weighted by Gasteiger charge is 2.51. The van der Waals surface area contributed by atoms with Crippen molar-refractivity contribution in [2.24, 2.45) is 23.2 Å². The van der Waals surface area contributed by atoms with E-state index in [1.807, 2.05) is 0 Å². The highest BCUT2D eigenvalue weighted by atomic mass is 79.9. The highest BCUT2D eigenvalue weighted by molar-refractivity contribution is 9.11. The maximum atomic E-state index is 7.23. The molecule has 0 saturated heterocycles. The third-order valence-corrected chi connectivity index (χ3v) is 20.8. The van der Waals surface area contributed by atoms with E-state index in [4.69, 9.17) is 8.85 Å². The molecule has 2 rings (SSSR count). The first-order valence-corrected chi connectivity index (χ1v) is 21.5. The van der Waals surface area contributed by atoms with E-state index in [1.54, 1.807) is 5.57 Å². The number of hydrogen-bond acceptors (Lipinski definition) is 2. The van der Waals surface area contributed by atoms with E-state index in [-0.39, 0.29) is 21.8 Å². The molecule has 0 aromatic heterocycles. The van der Waals surface area contributed by atoms with Gasteiger partial charge in [-0.25, -0.2) is 0 Å². The summed E-state index contributed by atoms with van der Waals surface area (Å²) >= 11 is 3.70. The highest BCUT2D eigenvalue weighted by Crippen LogP contribution is 2.60. The summed E-state index contributed by atoms with van der Waals surface area (Å²) in [4.78, 5) is 2.26. The molecule has 0 unspecified atom stereocenters. The molecule has 0 aromatic carbocycles. The number of allylic oxidation sites excluding steroid dienone is 1. The van der Waals surface area contributed by atoms with Gasteiger partial charge in [-0.1, -0.05) is 76.9 Å². The molecule has 212 valence electrons. The summed E-state index contributed by atoms with van der Waals surface area (Å²) in [5, 5.41) is 0.380. The van der Waals surface area contributed by atoms with Crippen LogP contribution in [0.4, 0.5) is 0 Å². The fraction of sp³-hybridized carbons (Fsp3) is 0.935. The minimum atomic E-state index is -1.94. The Morgan fingerprint density at radius 3 is 2.00 bits per heavy atom. The molecule has 5 atom stereocenters. The zero-order chi connectivity index (χ0) is 28.0. The van der Waals surface area contributed by atoms with Crippen LogP contribution in [-0.2, 0) is 8.85 Å². The van der Waals surface area contributed by atoms with Crippen LogP contribution in [0.1, 0.15) is 114 Å². The summed E-state index contributed by atoms with van der Waals surface area (Å²) in [6.45, 7) is 33.5. The molecular weight excluding hydrogens is 540 g/mol. The smallest absolute Gasteiger partial charge is 0.192 e. The van der Waals surface area contributed by atoms with Crippen LogP contribution in [0.25, 0.3) is 0 Å². The van der Waals surface area contributed by atoms with Crippen molar-refractivity contribution in [1.29, 1.82) is 0 Å². The van der Waals surface area contributed by atoms with Gasteiger partial charge in [0.05, 0.1) is 11.7 Å². The largest absolute Gasteiger partial charge is 0.411 e. The van der Waals surface area contributed by atoms with Crippen molar-refractivity contribution in [2.45, 2.75) is 162 Å². The molecule has 2 aliphatic rings. The lowest BCUT2D eigenvalue weighted by Crippen LogP contribution is -2.56. The Balaban J connectivity index is 2.26. The Morgan fingerprint density at radius 1 is 0.944 bits per heavy atom. The average Bonchev–Trinajstić information content (AvgIpc) is 3.05. The van der Waals surface area contributed by atoms with E-state index in [9.17, 15) is 0 Å². The topological polar surface area (TPSA) is 18.5 Å². The number of fused-ring (bicyclic) bond motifs is 1. The molecule has 0 N–H and O–H groups in total. The molecule has 36 heavy (non-hydrogen) atoms. The molecule has 2 saturated carbocycles. The van der Waals surface area contributed by atoms with Crippen LogP contribution in [-0.4, -0.2) is 28.3 Å². The van der Waals surface area contributed by atoms with Crippen molar-refractivity contribution in [3.63, 3.8) is 0 Å². The lowest BCUT2D eigenvalue weighted by atomic mass is 9.61. The van der Waals surface area contributed by atoms with Gasteiger partial charge in [0, 0.05) is 0 Å². The van der Waals surface area contributed by atoms with Gasteiger partial charge in [0.15, 0.2) is 16.6 Å². The fourth-order valence-corrected chi connectivity index (χ4v) is 10.5. The van der Waals surface area contributed by atoms with Crippen molar-refractivity contribution in [1.82, 2.24) is 0 Å². The Bertz CT molecular complexity index is 774. The van der Waals surface area contributed by atoms with E-state index in [1.165, 1.54) is 38.5 Å². The summed E-state index contributed by atoms with van der Waals surface area (Å²) in [6, 6.07) is 0. The summed E-state index contributed by atoms with van der Waals surface area (Å²) in [6.07, 6.45) is 9.21. The third kappa shape index (κ3) is 7.01. The molecular formula is C31H61BrO2Si2. The second-order valence-electron chi connectivity index (χ2n) is 16.2. The summed E-state index contributed by atoms with van der Waals surface area (Å²) in [5.41, 5.74) is 1.83. The van der Waals surface area contributed by atoms with Gasteiger partial charge in [-0.15, -0.1) is 0 Å². The van der Waals surface area contributed by atoms with Crippen LogP contribution in [0.2, 0.25) is 36.3 Å². The van der Waals surface area contributed by atoms with Gasteiger partial charge in [0.1, 0.15) is 0 Å². The van der Waals surface area contributed by atoms with Crippen molar-refractivity contribution in [3.05, 3.63) is 10.6 Å². The quantitative estimate of drug-likeness (QED) is 0.245. The second kappa shape index (κ2) is 11.2. The Labute approximate surface area is 236 Å². The van der Waals surface area contributed by atoms with Crippen molar-refractivity contribution >= 4 is 32.6 Å². The van der Waals surface area contributed by atoms with Crippen LogP contribution in [0.15, 0.2) is 10.6 Å². The first-order chi connectivity index (χ1) is 16.1.